The second-order valence-corrected chi connectivity index (χ2v) is 6.07. The van der Waals surface area contributed by atoms with E-state index in [9.17, 15) is 14.9 Å². The minimum atomic E-state index is -0.522. The molecule has 1 N–H and O–H groups in total. The Morgan fingerprint density at radius 1 is 1.33 bits per heavy atom. The maximum Gasteiger partial charge on any atom is 0.271 e. The predicted octanol–water partition coefficient (Wildman–Crippen LogP) is 3.64. The zero-order valence-electron chi connectivity index (χ0n) is 13.0. The van der Waals surface area contributed by atoms with Crippen LogP contribution in [0.1, 0.15) is 12.5 Å². The van der Waals surface area contributed by atoms with E-state index in [1.807, 2.05) is 30.0 Å². The summed E-state index contributed by atoms with van der Waals surface area (Å²) in [5, 5.41) is 13.8. The second-order valence-electron chi connectivity index (χ2n) is 5.66. The number of carbonyl (C=O) groups excluding carboxylic acids is 1. The lowest BCUT2D eigenvalue weighted by atomic mass is 10.1. The van der Waals surface area contributed by atoms with E-state index in [-0.39, 0.29) is 22.3 Å². The second kappa shape index (κ2) is 6.49. The van der Waals surface area contributed by atoms with E-state index >= 15 is 0 Å². The van der Waals surface area contributed by atoms with Crippen LogP contribution in [0.3, 0.4) is 0 Å². The van der Waals surface area contributed by atoms with Gasteiger partial charge >= 0.3 is 0 Å². The number of benzene rings is 2. The summed E-state index contributed by atoms with van der Waals surface area (Å²) in [4.78, 5) is 24.9. The molecule has 124 valence electrons. The van der Waals surface area contributed by atoms with Gasteiger partial charge in [0.15, 0.2) is 0 Å². The van der Waals surface area contributed by atoms with Crippen molar-refractivity contribution in [1.29, 1.82) is 0 Å². The van der Waals surface area contributed by atoms with Gasteiger partial charge in [-0.1, -0.05) is 29.8 Å². The number of nitrogens with zero attached hydrogens (tertiary/aromatic N) is 2. The molecule has 0 radical (unpaired) electrons. The van der Waals surface area contributed by atoms with Crippen LogP contribution in [0.25, 0.3) is 0 Å². The molecule has 2 aromatic rings. The van der Waals surface area contributed by atoms with Crippen molar-refractivity contribution in [2.45, 2.75) is 19.4 Å². The Kier molecular flexibility index (Phi) is 4.40. The van der Waals surface area contributed by atoms with Crippen molar-refractivity contribution in [2.24, 2.45) is 0 Å². The first-order valence-corrected chi connectivity index (χ1v) is 7.94. The van der Waals surface area contributed by atoms with Gasteiger partial charge in [0.25, 0.3) is 5.69 Å². The van der Waals surface area contributed by atoms with E-state index in [0.717, 1.165) is 18.7 Å². The third-order valence-corrected chi connectivity index (χ3v) is 4.52. The third-order valence-electron chi connectivity index (χ3n) is 4.19. The van der Waals surface area contributed by atoms with Gasteiger partial charge in [0.05, 0.1) is 15.6 Å². The molecule has 6 nitrogen and oxygen atoms in total. The molecule has 0 fully saturated rings. The molecular formula is C17H16ClN3O3. The number of nitro benzene ring substituents is 1. The van der Waals surface area contributed by atoms with E-state index in [2.05, 4.69) is 11.4 Å². The van der Waals surface area contributed by atoms with Crippen LogP contribution in [-0.2, 0) is 11.2 Å². The highest BCUT2D eigenvalue weighted by Crippen LogP contribution is 2.31. The lowest BCUT2D eigenvalue weighted by Gasteiger charge is -2.26. The van der Waals surface area contributed by atoms with E-state index < -0.39 is 11.0 Å². The fraction of sp³-hybridized carbons (Fsp3) is 0.235. The molecule has 0 bridgehead atoms. The van der Waals surface area contributed by atoms with Crippen LogP contribution >= 0.6 is 11.6 Å². The standard InChI is InChI=1S/C17H16ClN3O3/c1-11(20-9-8-12-4-2-3-5-16(12)20)17(22)19-15-10-13(21(23)24)6-7-14(15)18/h2-7,10-11H,8-9H2,1H3,(H,19,22)/t11-/m1/s1. The van der Waals surface area contributed by atoms with Gasteiger partial charge in [0.2, 0.25) is 5.91 Å². The molecule has 1 aliphatic rings. The number of fused-ring (bicyclic) bond motifs is 1. The number of hydrogen-bond acceptors (Lipinski definition) is 4. The van der Waals surface area contributed by atoms with E-state index in [4.69, 9.17) is 11.6 Å². The monoisotopic (exact) mass is 345 g/mol. The van der Waals surface area contributed by atoms with Crippen molar-refractivity contribution in [3.63, 3.8) is 0 Å². The molecule has 1 aliphatic heterocycles. The van der Waals surface area contributed by atoms with Gasteiger partial charge in [-0.25, -0.2) is 0 Å². The molecule has 7 heteroatoms. The molecule has 0 spiro atoms. The highest BCUT2D eigenvalue weighted by atomic mass is 35.5. The summed E-state index contributed by atoms with van der Waals surface area (Å²) in [5.41, 5.74) is 2.39. The Hall–Kier alpha value is -2.60. The van der Waals surface area contributed by atoms with Gasteiger partial charge in [-0.05, 0) is 31.0 Å². The summed E-state index contributed by atoms with van der Waals surface area (Å²) < 4.78 is 0. The minimum absolute atomic E-state index is 0.117. The molecule has 1 atom stereocenters. The first-order chi connectivity index (χ1) is 11.5. The number of nitro groups is 1. The summed E-state index contributed by atoms with van der Waals surface area (Å²) in [6.07, 6.45) is 0.894. The van der Waals surface area contributed by atoms with Gasteiger partial charge in [-0.3, -0.25) is 14.9 Å². The maximum atomic E-state index is 12.6. The number of halogens is 1. The lowest BCUT2D eigenvalue weighted by molar-refractivity contribution is -0.384. The average molecular weight is 346 g/mol. The first kappa shape index (κ1) is 16.3. The number of anilines is 2. The summed E-state index contributed by atoms with van der Waals surface area (Å²) in [6, 6.07) is 11.5. The van der Waals surface area contributed by atoms with Crippen LogP contribution in [0.15, 0.2) is 42.5 Å². The van der Waals surface area contributed by atoms with E-state index in [0.29, 0.717) is 0 Å². The molecule has 0 aliphatic carbocycles. The van der Waals surface area contributed by atoms with Crippen LogP contribution < -0.4 is 10.2 Å². The van der Waals surface area contributed by atoms with Crippen molar-refractivity contribution >= 4 is 34.6 Å². The number of rotatable bonds is 4. The number of hydrogen-bond donors (Lipinski definition) is 1. The summed E-state index contributed by atoms with van der Waals surface area (Å²) in [5.74, 6) is -0.255. The third kappa shape index (κ3) is 3.05. The molecule has 2 aromatic carbocycles. The molecule has 1 amide bonds. The van der Waals surface area contributed by atoms with Crippen LogP contribution in [0.4, 0.5) is 17.1 Å². The SMILES string of the molecule is C[C@H](C(=O)Nc1cc([N+](=O)[O-])ccc1Cl)N1CCc2ccccc21. The molecular weight excluding hydrogens is 330 g/mol. The fourth-order valence-electron chi connectivity index (χ4n) is 2.87. The number of non-ortho nitro benzene ring substituents is 1. The molecule has 0 aromatic heterocycles. The van der Waals surface area contributed by atoms with E-state index in [1.165, 1.54) is 23.8 Å². The predicted molar refractivity (Wildman–Crippen MR) is 93.7 cm³/mol. The van der Waals surface area contributed by atoms with Gasteiger partial charge in [0, 0.05) is 24.4 Å². The molecule has 24 heavy (non-hydrogen) atoms. The number of nitrogens with one attached hydrogen (secondary N) is 1. The Labute approximate surface area is 144 Å². The van der Waals surface area contributed by atoms with Crippen molar-refractivity contribution in [2.75, 3.05) is 16.8 Å². The van der Waals surface area contributed by atoms with Crippen molar-refractivity contribution in [3.05, 3.63) is 63.2 Å². The zero-order chi connectivity index (χ0) is 17.3. The van der Waals surface area contributed by atoms with Gasteiger partial charge in [-0.2, -0.15) is 0 Å². The first-order valence-electron chi connectivity index (χ1n) is 7.56. The van der Waals surface area contributed by atoms with Crippen LogP contribution in [0.2, 0.25) is 5.02 Å². The molecule has 3 rings (SSSR count). The molecule has 0 unspecified atom stereocenters. The highest BCUT2D eigenvalue weighted by molar-refractivity contribution is 6.33. The number of amides is 1. The quantitative estimate of drug-likeness (QED) is 0.678. The Balaban J connectivity index is 1.78. The van der Waals surface area contributed by atoms with Crippen LogP contribution in [0.5, 0.6) is 0 Å². The van der Waals surface area contributed by atoms with Crippen molar-refractivity contribution in [1.82, 2.24) is 0 Å². The minimum Gasteiger partial charge on any atom is -0.359 e. The highest BCUT2D eigenvalue weighted by Gasteiger charge is 2.28. The molecule has 0 saturated heterocycles. The maximum absolute atomic E-state index is 12.6. The Morgan fingerprint density at radius 2 is 2.08 bits per heavy atom. The Bertz CT molecular complexity index is 809. The summed E-state index contributed by atoms with van der Waals surface area (Å²) in [6.45, 7) is 2.57. The van der Waals surface area contributed by atoms with Gasteiger partial charge in [0.1, 0.15) is 6.04 Å². The zero-order valence-corrected chi connectivity index (χ0v) is 13.8. The number of carbonyl (C=O) groups is 1. The van der Waals surface area contributed by atoms with Gasteiger partial charge < -0.3 is 10.2 Å². The van der Waals surface area contributed by atoms with Gasteiger partial charge in [-0.15, -0.1) is 0 Å². The lowest BCUT2D eigenvalue weighted by Crippen LogP contribution is -2.41. The van der Waals surface area contributed by atoms with Crippen LogP contribution in [0, 0.1) is 10.1 Å². The number of para-hydroxylation sites is 1. The Morgan fingerprint density at radius 3 is 2.83 bits per heavy atom. The van der Waals surface area contributed by atoms with E-state index in [1.54, 1.807) is 0 Å². The molecule has 1 heterocycles. The summed E-state index contributed by atoms with van der Waals surface area (Å²) >= 11 is 6.04. The molecule has 0 saturated carbocycles. The average Bonchev–Trinajstić information content (AvgIpc) is 2.99. The summed E-state index contributed by atoms with van der Waals surface area (Å²) in [7, 11) is 0. The van der Waals surface area contributed by atoms with Crippen molar-refractivity contribution in [3.8, 4) is 0 Å². The van der Waals surface area contributed by atoms with Crippen LogP contribution in [-0.4, -0.2) is 23.4 Å². The topological polar surface area (TPSA) is 75.5 Å². The normalized spacial score (nSPS) is 14.2. The fourth-order valence-corrected chi connectivity index (χ4v) is 3.03. The smallest absolute Gasteiger partial charge is 0.271 e. The van der Waals surface area contributed by atoms with Crippen molar-refractivity contribution < 1.29 is 9.72 Å². The largest absolute Gasteiger partial charge is 0.359 e.